The predicted molar refractivity (Wildman–Crippen MR) is 75.9 cm³/mol. The van der Waals surface area contributed by atoms with E-state index in [0.29, 0.717) is 5.56 Å². The Bertz CT molecular complexity index is 694. The fraction of sp³-hybridized carbons (Fsp3) is 0.143. The van der Waals surface area contributed by atoms with Gasteiger partial charge in [-0.25, -0.2) is 8.42 Å². The van der Waals surface area contributed by atoms with Gasteiger partial charge in [0.05, 0.1) is 16.4 Å². The Morgan fingerprint density at radius 2 is 1.35 bits per heavy atom. The number of hydrogen-bond acceptors (Lipinski definition) is 4. The van der Waals surface area contributed by atoms with Gasteiger partial charge in [0.15, 0.2) is 9.84 Å². The van der Waals surface area contributed by atoms with Crippen LogP contribution in [-0.2, 0) is 21.3 Å². The van der Waals surface area contributed by atoms with Crippen LogP contribution in [0.4, 0.5) is 5.69 Å². The molecule has 0 N–H and O–H groups in total. The van der Waals surface area contributed by atoms with Crippen molar-refractivity contribution in [1.82, 2.24) is 0 Å². The van der Waals surface area contributed by atoms with Crippen LogP contribution in [0.2, 0.25) is 0 Å². The van der Waals surface area contributed by atoms with Crippen molar-refractivity contribution in [2.24, 2.45) is 0 Å². The highest BCUT2D eigenvalue weighted by Gasteiger charge is 2.14. The van der Waals surface area contributed by atoms with Crippen LogP contribution in [0.5, 0.6) is 0 Å². The number of hydrogen-bond donors (Lipinski definition) is 0. The lowest BCUT2D eigenvalue weighted by Crippen LogP contribution is -2.07. The second-order valence-electron chi connectivity index (χ2n) is 4.44. The number of nitro benzene ring substituents is 1. The van der Waals surface area contributed by atoms with Gasteiger partial charge >= 0.3 is 0 Å². The number of benzene rings is 2. The van der Waals surface area contributed by atoms with Gasteiger partial charge in [-0.05, 0) is 11.1 Å². The van der Waals surface area contributed by atoms with E-state index >= 15 is 0 Å². The van der Waals surface area contributed by atoms with E-state index in [1.54, 1.807) is 24.3 Å². The van der Waals surface area contributed by atoms with Crippen molar-refractivity contribution in [1.29, 1.82) is 0 Å². The smallest absolute Gasteiger partial charge is 0.258 e. The summed E-state index contributed by atoms with van der Waals surface area (Å²) in [5.41, 5.74) is 1.23. The number of rotatable bonds is 5. The maximum atomic E-state index is 12.1. The molecular formula is C14H13NO4S. The first kappa shape index (κ1) is 14.2. The van der Waals surface area contributed by atoms with Gasteiger partial charge in [0, 0.05) is 12.1 Å². The molecule has 6 heteroatoms. The zero-order valence-electron chi connectivity index (χ0n) is 10.6. The van der Waals surface area contributed by atoms with Gasteiger partial charge in [-0.1, -0.05) is 42.5 Å². The zero-order chi connectivity index (χ0) is 14.6. The summed E-state index contributed by atoms with van der Waals surface area (Å²) >= 11 is 0. The fourth-order valence-electron chi connectivity index (χ4n) is 1.85. The number of non-ortho nitro benzene ring substituents is 1. The van der Waals surface area contributed by atoms with Crippen LogP contribution in [0.15, 0.2) is 54.6 Å². The fourth-order valence-corrected chi connectivity index (χ4v) is 3.35. The average molecular weight is 291 g/mol. The lowest BCUT2D eigenvalue weighted by atomic mass is 10.2. The monoisotopic (exact) mass is 291 g/mol. The quantitative estimate of drug-likeness (QED) is 0.627. The van der Waals surface area contributed by atoms with Gasteiger partial charge in [0.1, 0.15) is 0 Å². The van der Waals surface area contributed by atoms with E-state index < -0.39 is 14.8 Å². The number of sulfone groups is 1. The Balaban J connectivity index is 2.10. The molecule has 0 aliphatic heterocycles. The van der Waals surface area contributed by atoms with Crippen LogP contribution in [0.3, 0.4) is 0 Å². The van der Waals surface area contributed by atoms with E-state index in [1.807, 2.05) is 6.07 Å². The van der Waals surface area contributed by atoms with Gasteiger partial charge in [0.2, 0.25) is 0 Å². The van der Waals surface area contributed by atoms with Crippen LogP contribution in [0.1, 0.15) is 11.1 Å². The lowest BCUT2D eigenvalue weighted by Gasteiger charge is -2.04. The predicted octanol–water partition coefficient (Wildman–Crippen LogP) is 2.71. The highest BCUT2D eigenvalue weighted by Crippen LogP contribution is 2.16. The molecule has 2 rings (SSSR count). The van der Waals surface area contributed by atoms with Gasteiger partial charge in [-0.2, -0.15) is 0 Å². The SMILES string of the molecule is O=[N+]([O-])c1ccc(CS(=O)(=O)Cc2ccccc2)cc1. The summed E-state index contributed by atoms with van der Waals surface area (Å²) < 4.78 is 24.1. The third-order valence-electron chi connectivity index (χ3n) is 2.76. The van der Waals surface area contributed by atoms with Crippen LogP contribution < -0.4 is 0 Å². The van der Waals surface area contributed by atoms with Crippen molar-refractivity contribution in [3.8, 4) is 0 Å². The minimum atomic E-state index is -3.29. The van der Waals surface area contributed by atoms with E-state index in [9.17, 15) is 18.5 Å². The molecule has 0 bridgehead atoms. The molecule has 0 saturated heterocycles. The number of nitrogens with zero attached hydrogens (tertiary/aromatic N) is 1. The molecule has 0 amide bonds. The summed E-state index contributed by atoms with van der Waals surface area (Å²) in [6.07, 6.45) is 0. The standard InChI is InChI=1S/C14H13NO4S/c16-15(17)14-8-6-13(7-9-14)11-20(18,19)10-12-4-2-1-3-5-12/h1-9H,10-11H2. The van der Waals surface area contributed by atoms with Gasteiger partial charge in [0.25, 0.3) is 5.69 Å². The van der Waals surface area contributed by atoms with Crippen LogP contribution in [0, 0.1) is 10.1 Å². The molecule has 0 fully saturated rings. The molecule has 0 unspecified atom stereocenters. The van der Waals surface area contributed by atoms with Crippen molar-refractivity contribution in [2.45, 2.75) is 11.5 Å². The Morgan fingerprint density at radius 3 is 1.85 bits per heavy atom. The molecule has 0 heterocycles. The van der Waals surface area contributed by atoms with E-state index in [1.165, 1.54) is 24.3 Å². The molecule has 0 radical (unpaired) electrons. The minimum Gasteiger partial charge on any atom is -0.258 e. The lowest BCUT2D eigenvalue weighted by molar-refractivity contribution is -0.384. The Morgan fingerprint density at radius 1 is 0.850 bits per heavy atom. The molecule has 20 heavy (non-hydrogen) atoms. The van der Waals surface area contributed by atoms with Crippen molar-refractivity contribution in [2.75, 3.05) is 0 Å². The first-order valence-electron chi connectivity index (χ1n) is 5.94. The van der Waals surface area contributed by atoms with Crippen molar-refractivity contribution >= 4 is 15.5 Å². The molecule has 2 aromatic rings. The second kappa shape index (κ2) is 5.83. The largest absolute Gasteiger partial charge is 0.269 e. The molecule has 0 aromatic heterocycles. The molecule has 2 aromatic carbocycles. The molecule has 0 atom stereocenters. The molecule has 0 saturated carbocycles. The van der Waals surface area contributed by atoms with E-state index in [0.717, 1.165) is 5.56 Å². The van der Waals surface area contributed by atoms with E-state index in [-0.39, 0.29) is 17.2 Å². The summed E-state index contributed by atoms with van der Waals surface area (Å²) in [6, 6.07) is 14.5. The molecule has 0 spiro atoms. The van der Waals surface area contributed by atoms with Gasteiger partial charge in [-0.15, -0.1) is 0 Å². The summed E-state index contributed by atoms with van der Waals surface area (Å²) in [5, 5.41) is 10.5. The summed E-state index contributed by atoms with van der Waals surface area (Å²) in [6.45, 7) is 0. The maximum absolute atomic E-state index is 12.1. The van der Waals surface area contributed by atoms with Crippen LogP contribution in [0.25, 0.3) is 0 Å². The summed E-state index contributed by atoms with van der Waals surface area (Å²) in [5.74, 6) is -0.162. The zero-order valence-corrected chi connectivity index (χ0v) is 11.4. The Labute approximate surface area is 116 Å². The van der Waals surface area contributed by atoms with Crippen molar-refractivity contribution in [3.05, 3.63) is 75.8 Å². The third-order valence-corrected chi connectivity index (χ3v) is 4.31. The van der Waals surface area contributed by atoms with Gasteiger partial charge < -0.3 is 0 Å². The third kappa shape index (κ3) is 3.89. The summed E-state index contributed by atoms with van der Waals surface area (Å²) in [4.78, 5) is 10.0. The molecule has 5 nitrogen and oxygen atoms in total. The van der Waals surface area contributed by atoms with Gasteiger partial charge in [-0.3, -0.25) is 10.1 Å². The highest BCUT2D eigenvalue weighted by molar-refractivity contribution is 7.89. The van der Waals surface area contributed by atoms with Crippen LogP contribution in [-0.4, -0.2) is 13.3 Å². The normalized spacial score (nSPS) is 11.2. The maximum Gasteiger partial charge on any atom is 0.269 e. The van der Waals surface area contributed by atoms with E-state index in [2.05, 4.69) is 0 Å². The Kier molecular flexibility index (Phi) is 4.14. The van der Waals surface area contributed by atoms with Crippen LogP contribution >= 0.6 is 0 Å². The minimum absolute atomic E-state index is 0.0369. The first-order valence-corrected chi connectivity index (χ1v) is 7.76. The Hall–Kier alpha value is -2.21. The summed E-state index contributed by atoms with van der Waals surface area (Å²) in [7, 11) is -3.29. The first-order chi connectivity index (χ1) is 9.46. The van der Waals surface area contributed by atoms with Crippen molar-refractivity contribution in [3.63, 3.8) is 0 Å². The molecule has 0 aliphatic rings. The molecule has 104 valence electrons. The van der Waals surface area contributed by atoms with E-state index in [4.69, 9.17) is 0 Å². The molecular weight excluding hydrogens is 278 g/mol. The topological polar surface area (TPSA) is 77.3 Å². The number of nitro groups is 1. The highest BCUT2D eigenvalue weighted by atomic mass is 32.2. The van der Waals surface area contributed by atoms with Crippen molar-refractivity contribution < 1.29 is 13.3 Å². The second-order valence-corrected chi connectivity index (χ2v) is 6.51. The molecule has 0 aliphatic carbocycles. The average Bonchev–Trinajstić information content (AvgIpc) is 2.39.